The fourth-order valence-electron chi connectivity index (χ4n) is 2.47. The molecule has 1 aliphatic rings. The molecule has 0 aliphatic carbocycles. The molecule has 1 aromatic heterocycles. The summed E-state index contributed by atoms with van der Waals surface area (Å²) in [6.45, 7) is 11.9. The maximum absolute atomic E-state index is 11.8. The minimum absolute atomic E-state index is 0.0484. The smallest absolute Gasteiger partial charge is 0.240 e. The van der Waals surface area contributed by atoms with Crippen molar-refractivity contribution in [2.45, 2.75) is 32.7 Å². The fraction of sp³-hybridized carbons (Fsp3) is 0.812. The van der Waals surface area contributed by atoms with Crippen molar-refractivity contribution in [2.75, 3.05) is 53.0 Å². The topological polar surface area (TPSA) is 83.7 Å². The van der Waals surface area contributed by atoms with Gasteiger partial charge in [0.05, 0.1) is 19.7 Å². The van der Waals surface area contributed by atoms with E-state index in [4.69, 9.17) is 9.26 Å². The van der Waals surface area contributed by atoms with Gasteiger partial charge in [-0.3, -0.25) is 14.6 Å². The van der Waals surface area contributed by atoms with Crippen LogP contribution < -0.4 is 5.32 Å². The molecule has 8 heteroatoms. The number of amides is 1. The summed E-state index contributed by atoms with van der Waals surface area (Å²) >= 11 is 0. The zero-order valence-electron chi connectivity index (χ0n) is 15.2. The van der Waals surface area contributed by atoms with E-state index in [1.165, 1.54) is 0 Å². The van der Waals surface area contributed by atoms with E-state index in [1.807, 2.05) is 0 Å². The van der Waals surface area contributed by atoms with Crippen LogP contribution >= 0.6 is 0 Å². The van der Waals surface area contributed by atoms with Gasteiger partial charge in [-0.15, -0.1) is 0 Å². The lowest BCUT2D eigenvalue weighted by molar-refractivity contribution is -0.122. The van der Waals surface area contributed by atoms with Crippen LogP contribution in [0.1, 0.15) is 32.5 Å². The van der Waals surface area contributed by atoms with Crippen LogP contribution in [0.2, 0.25) is 0 Å². The highest BCUT2D eigenvalue weighted by molar-refractivity contribution is 5.77. The first kappa shape index (κ1) is 18.8. The average Bonchev–Trinajstić information content (AvgIpc) is 2.98. The molecule has 1 aliphatic heterocycles. The van der Waals surface area contributed by atoms with Crippen LogP contribution in [-0.2, 0) is 21.5 Å². The quantitative estimate of drug-likeness (QED) is 0.713. The van der Waals surface area contributed by atoms with Gasteiger partial charge in [0.15, 0.2) is 5.82 Å². The Morgan fingerprint density at radius 2 is 1.92 bits per heavy atom. The third-order valence-electron chi connectivity index (χ3n) is 3.96. The molecule has 0 radical (unpaired) electrons. The van der Waals surface area contributed by atoms with Crippen LogP contribution in [0.5, 0.6) is 0 Å². The van der Waals surface area contributed by atoms with E-state index in [2.05, 4.69) is 46.0 Å². The zero-order chi connectivity index (χ0) is 17.6. The first-order valence-corrected chi connectivity index (χ1v) is 8.42. The van der Waals surface area contributed by atoms with Gasteiger partial charge in [0.1, 0.15) is 0 Å². The van der Waals surface area contributed by atoms with Gasteiger partial charge in [-0.1, -0.05) is 25.9 Å². The molecule has 1 fully saturated rings. The molecule has 24 heavy (non-hydrogen) atoms. The summed E-state index contributed by atoms with van der Waals surface area (Å²) in [6, 6.07) is 0. The number of hydrogen-bond donors (Lipinski definition) is 1. The van der Waals surface area contributed by atoms with Gasteiger partial charge in [0, 0.05) is 45.2 Å². The third kappa shape index (κ3) is 5.85. The lowest BCUT2D eigenvalue weighted by Gasteiger charge is -2.33. The molecule has 1 saturated heterocycles. The maximum atomic E-state index is 11.8. The number of hydrogen-bond acceptors (Lipinski definition) is 7. The Hall–Kier alpha value is -1.51. The summed E-state index contributed by atoms with van der Waals surface area (Å²) in [6.07, 6.45) is 0. The monoisotopic (exact) mass is 339 g/mol. The van der Waals surface area contributed by atoms with Crippen molar-refractivity contribution in [3.05, 3.63) is 11.7 Å². The molecule has 2 heterocycles. The molecule has 136 valence electrons. The Labute approximate surface area is 143 Å². The molecule has 0 saturated carbocycles. The molecule has 0 bridgehead atoms. The van der Waals surface area contributed by atoms with Crippen LogP contribution in [0.25, 0.3) is 0 Å². The zero-order valence-corrected chi connectivity index (χ0v) is 15.2. The predicted molar refractivity (Wildman–Crippen MR) is 89.6 cm³/mol. The Kier molecular flexibility index (Phi) is 6.70. The number of piperazine rings is 1. The van der Waals surface area contributed by atoms with E-state index >= 15 is 0 Å². The molecule has 0 unspecified atom stereocenters. The van der Waals surface area contributed by atoms with E-state index in [0.717, 1.165) is 32.0 Å². The van der Waals surface area contributed by atoms with Crippen molar-refractivity contribution in [3.63, 3.8) is 0 Å². The van der Waals surface area contributed by atoms with E-state index in [9.17, 15) is 4.79 Å². The van der Waals surface area contributed by atoms with E-state index in [-0.39, 0.29) is 11.3 Å². The molecule has 2 rings (SSSR count). The van der Waals surface area contributed by atoms with Crippen LogP contribution in [0.4, 0.5) is 0 Å². The van der Waals surface area contributed by atoms with E-state index < -0.39 is 0 Å². The van der Waals surface area contributed by atoms with Crippen LogP contribution in [0, 0.1) is 0 Å². The molecule has 0 atom stereocenters. The van der Waals surface area contributed by atoms with Gasteiger partial charge < -0.3 is 14.6 Å². The van der Waals surface area contributed by atoms with Gasteiger partial charge in [0.25, 0.3) is 0 Å². The van der Waals surface area contributed by atoms with E-state index in [1.54, 1.807) is 7.11 Å². The number of nitrogens with one attached hydrogen (secondary N) is 1. The first-order valence-electron chi connectivity index (χ1n) is 8.42. The number of ether oxygens (including phenoxy) is 1. The molecule has 8 nitrogen and oxygen atoms in total. The van der Waals surface area contributed by atoms with Crippen molar-refractivity contribution in [1.29, 1.82) is 0 Å². The maximum Gasteiger partial charge on any atom is 0.240 e. The summed E-state index contributed by atoms with van der Waals surface area (Å²) in [7, 11) is 1.62. The first-order chi connectivity index (χ1) is 11.4. The molecule has 1 amide bonds. The third-order valence-corrected chi connectivity index (χ3v) is 3.96. The highest BCUT2D eigenvalue weighted by Gasteiger charge is 2.23. The molecular weight excluding hydrogens is 310 g/mol. The second-order valence-electron chi connectivity index (χ2n) is 7.16. The number of methoxy groups -OCH3 is 1. The minimum atomic E-state index is -0.101. The number of carbonyl (C=O) groups is 1. The van der Waals surface area contributed by atoms with Gasteiger partial charge in [-0.2, -0.15) is 4.98 Å². The Balaban J connectivity index is 1.71. The fourth-order valence-corrected chi connectivity index (χ4v) is 2.47. The molecule has 1 aromatic rings. The van der Waals surface area contributed by atoms with Crippen molar-refractivity contribution < 1.29 is 14.1 Å². The van der Waals surface area contributed by atoms with Crippen molar-refractivity contribution in [1.82, 2.24) is 25.3 Å². The Bertz CT molecular complexity index is 518. The second kappa shape index (κ2) is 8.55. The Morgan fingerprint density at radius 1 is 1.25 bits per heavy atom. The van der Waals surface area contributed by atoms with Crippen LogP contribution in [0.3, 0.4) is 0 Å². The van der Waals surface area contributed by atoms with Gasteiger partial charge >= 0.3 is 0 Å². The number of carbonyl (C=O) groups excluding carboxylic acids is 1. The van der Waals surface area contributed by atoms with Gasteiger partial charge in [-0.25, -0.2) is 0 Å². The number of nitrogens with zero attached hydrogens (tertiary/aromatic N) is 4. The van der Waals surface area contributed by atoms with Crippen molar-refractivity contribution in [2.24, 2.45) is 0 Å². The highest BCUT2D eigenvalue weighted by atomic mass is 16.5. The molecule has 0 aromatic carbocycles. The lowest BCUT2D eigenvalue weighted by atomic mass is 9.96. The number of rotatable bonds is 7. The van der Waals surface area contributed by atoms with Crippen molar-refractivity contribution in [3.8, 4) is 0 Å². The van der Waals surface area contributed by atoms with Crippen LogP contribution in [0.15, 0.2) is 4.52 Å². The number of aromatic nitrogens is 2. The summed E-state index contributed by atoms with van der Waals surface area (Å²) in [4.78, 5) is 20.7. The molecule has 0 spiro atoms. The molecule has 1 N–H and O–H groups in total. The largest absolute Gasteiger partial charge is 0.383 e. The highest BCUT2D eigenvalue weighted by Crippen LogP contribution is 2.19. The average molecular weight is 339 g/mol. The standard InChI is InChI=1S/C16H29N5O3/c1-16(2,3)15-18-14(24-19-15)12-21-8-6-20(7-9-21)11-13(22)17-5-10-23-4/h5-12H2,1-4H3,(H,17,22). The Morgan fingerprint density at radius 3 is 2.50 bits per heavy atom. The van der Waals surface area contributed by atoms with Crippen molar-refractivity contribution >= 4 is 5.91 Å². The summed E-state index contributed by atoms with van der Waals surface area (Å²) in [5.41, 5.74) is -0.101. The summed E-state index contributed by atoms with van der Waals surface area (Å²) in [5.74, 6) is 1.45. The summed E-state index contributed by atoms with van der Waals surface area (Å²) in [5, 5.41) is 6.90. The predicted octanol–water partition coefficient (Wildman–Crippen LogP) is 0.247. The molecular formula is C16H29N5O3. The van der Waals surface area contributed by atoms with E-state index in [0.29, 0.717) is 32.1 Å². The van der Waals surface area contributed by atoms with Crippen LogP contribution in [-0.4, -0.2) is 78.8 Å². The SMILES string of the molecule is COCCNC(=O)CN1CCN(Cc2nc(C(C)(C)C)no2)CC1. The van der Waals surface area contributed by atoms with Gasteiger partial charge in [0.2, 0.25) is 11.8 Å². The lowest BCUT2D eigenvalue weighted by Crippen LogP contribution is -2.49. The minimum Gasteiger partial charge on any atom is -0.383 e. The second-order valence-corrected chi connectivity index (χ2v) is 7.16. The van der Waals surface area contributed by atoms with Gasteiger partial charge in [-0.05, 0) is 0 Å². The normalized spacial score (nSPS) is 17.2. The summed E-state index contributed by atoms with van der Waals surface area (Å²) < 4.78 is 10.3.